The summed E-state index contributed by atoms with van der Waals surface area (Å²) in [5, 5.41) is 8.33. The van der Waals surface area contributed by atoms with Gasteiger partial charge in [-0.2, -0.15) is 0 Å². The quantitative estimate of drug-likeness (QED) is 0.430. The van der Waals surface area contributed by atoms with E-state index in [-0.39, 0.29) is 57.8 Å². The minimum absolute atomic E-state index is 0. The molecule has 2 atom stereocenters. The molecule has 0 aromatic rings. The van der Waals surface area contributed by atoms with Crippen LogP contribution in [0.4, 0.5) is 0 Å². The Morgan fingerprint density at radius 2 is 1.71 bits per heavy atom. The van der Waals surface area contributed by atoms with E-state index in [1.165, 1.54) is 0 Å². The van der Waals surface area contributed by atoms with Gasteiger partial charge in [0.1, 0.15) is 0 Å². The van der Waals surface area contributed by atoms with Gasteiger partial charge in [0.15, 0.2) is 0 Å². The van der Waals surface area contributed by atoms with Crippen LogP contribution in [0.5, 0.6) is 0 Å². The molecule has 80 valence electrons. The normalized spacial score (nSPS) is 15.7. The Morgan fingerprint density at radius 1 is 1.21 bits per heavy atom. The van der Waals surface area contributed by atoms with Gasteiger partial charge in [0.05, 0.1) is 16.2 Å². The first-order valence-corrected chi connectivity index (χ1v) is 6.01. The summed E-state index contributed by atoms with van der Waals surface area (Å²) in [7, 11) is -4.18. The van der Waals surface area contributed by atoms with Crippen molar-refractivity contribution in [1.82, 2.24) is 0 Å². The molecule has 0 saturated heterocycles. The number of rotatable bonds is 6. The number of hydrogen-bond donors (Lipinski definition) is 1. The van der Waals surface area contributed by atoms with Crippen molar-refractivity contribution in [3.05, 3.63) is 0 Å². The van der Waals surface area contributed by atoms with Gasteiger partial charge in [-0.1, -0.05) is 13.8 Å². The second-order valence-corrected chi connectivity index (χ2v) is 4.81. The van der Waals surface area contributed by atoms with Crippen LogP contribution in [-0.4, -0.2) is 29.4 Å². The van der Waals surface area contributed by atoms with Crippen LogP contribution in [0.25, 0.3) is 0 Å². The zero-order valence-electron chi connectivity index (χ0n) is 9.06. The van der Waals surface area contributed by atoms with Crippen LogP contribution in [-0.2, 0) is 10.1 Å². The van der Waals surface area contributed by atoms with Gasteiger partial charge >= 0.3 is 51.4 Å². The Kier molecular flexibility index (Phi) is 11.0. The van der Waals surface area contributed by atoms with Crippen molar-refractivity contribution in [3.63, 3.8) is 0 Å². The molecular weight excluding hydrogens is 231 g/mol. The molecule has 0 radical (unpaired) electrons. The maximum Gasteiger partial charge on any atom is 1.00 e. The number of aliphatic hydroxyl groups is 1. The zero-order chi connectivity index (χ0) is 10.5. The summed E-state index contributed by atoms with van der Waals surface area (Å²) in [6.45, 7) is 3.48. The molecule has 0 bridgehead atoms. The van der Waals surface area contributed by atoms with E-state index >= 15 is 0 Å². The molecule has 0 aliphatic rings. The third-order valence-electron chi connectivity index (χ3n) is 2.16. The fourth-order valence-electron chi connectivity index (χ4n) is 1.13. The molecule has 0 saturated carbocycles. The van der Waals surface area contributed by atoms with Crippen LogP contribution >= 0.6 is 0 Å². The second kappa shape index (κ2) is 8.63. The van der Waals surface area contributed by atoms with Crippen LogP contribution in [0.1, 0.15) is 39.5 Å². The third-order valence-corrected chi connectivity index (χ3v) is 3.54. The Morgan fingerprint density at radius 3 is 2.00 bits per heavy atom. The predicted molar refractivity (Wildman–Crippen MR) is 49.3 cm³/mol. The van der Waals surface area contributed by atoms with Gasteiger partial charge in [0.25, 0.3) is 0 Å². The van der Waals surface area contributed by atoms with Crippen molar-refractivity contribution < 1.29 is 69.5 Å². The molecule has 0 aliphatic heterocycles. The molecule has 0 spiro atoms. The molecule has 0 aromatic heterocycles. The largest absolute Gasteiger partial charge is 1.00 e. The average Bonchev–Trinajstić information content (AvgIpc) is 2.02. The molecule has 0 aromatic carbocycles. The SMILES string of the molecule is CCC(O)CCC(CC)S(=O)(=O)[O-].[K+]. The molecule has 2 unspecified atom stereocenters. The van der Waals surface area contributed by atoms with E-state index in [4.69, 9.17) is 0 Å². The molecule has 0 fully saturated rings. The summed E-state index contributed by atoms with van der Waals surface area (Å²) in [6.07, 6.45) is 1.07. The molecule has 6 heteroatoms. The van der Waals surface area contributed by atoms with E-state index in [2.05, 4.69) is 0 Å². The van der Waals surface area contributed by atoms with Crippen LogP contribution in [0.15, 0.2) is 0 Å². The van der Waals surface area contributed by atoms with E-state index in [0.29, 0.717) is 19.3 Å². The van der Waals surface area contributed by atoms with Crippen LogP contribution in [0.3, 0.4) is 0 Å². The predicted octanol–water partition coefficient (Wildman–Crippen LogP) is -2.13. The number of aliphatic hydroxyl groups excluding tert-OH is 1. The Balaban J connectivity index is 0. The topological polar surface area (TPSA) is 77.4 Å². The van der Waals surface area contributed by atoms with Gasteiger partial charge in [-0.3, -0.25) is 0 Å². The van der Waals surface area contributed by atoms with Crippen LogP contribution < -0.4 is 51.4 Å². The summed E-state index contributed by atoms with van der Waals surface area (Å²) in [5.74, 6) is 0. The standard InChI is InChI=1S/C8H18O4S.K/c1-3-7(9)5-6-8(4-2)13(10,11)12;/h7-9H,3-6H2,1-2H3,(H,10,11,12);/q;+1/p-1. The smallest absolute Gasteiger partial charge is 0.748 e. The molecule has 0 aliphatic carbocycles. The summed E-state index contributed by atoms with van der Waals surface area (Å²) in [6, 6.07) is 0. The summed E-state index contributed by atoms with van der Waals surface area (Å²) in [5.41, 5.74) is 0. The Hall–Kier alpha value is 1.51. The van der Waals surface area contributed by atoms with Gasteiger partial charge in [0.2, 0.25) is 0 Å². The fourth-order valence-corrected chi connectivity index (χ4v) is 1.97. The van der Waals surface area contributed by atoms with Gasteiger partial charge in [0, 0.05) is 5.25 Å². The van der Waals surface area contributed by atoms with Crippen molar-refractivity contribution in [2.24, 2.45) is 0 Å². The van der Waals surface area contributed by atoms with Gasteiger partial charge in [-0.05, 0) is 25.7 Å². The number of hydrogen-bond acceptors (Lipinski definition) is 4. The van der Waals surface area contributed by atoms with Crippen molar-refractivity contribution in [2.45, 2.75) is 50.9 Å². The Bertz CT molecular complexity index is 227. The molecule has 0 heterocycles. The molecule has 1 N–H and O–H groups in total. The first-order valence-electron chi connectivity index (χ1n) is 4.54. The van der Waals surface area contributed by atoms with Crippen molar-refractivity contribution in [3.8, 4) is 0 Å². The van der Waals surface area contributed by atoms with Gasteiger partial charge < -0.3 is 9.66 Å². The minimum Gasteiger partial charge on any atom is -0.748 e. The summed E-state index contributed by atoms with van der Waals surface area (Å²) in [4.78, 5) is 0. The third kappa shape index (κ3) is 7.75. The second-order valence-electron chi connectivity index (χ2n) is 3.16. The van der Waals surface area contributed by atoms with E-state index < -0.39 is 21.5 Å². The van der Waals surface area contributed by atoms with Crippen molar-refractivity contribution in [1.29, 1.82) is 0 Å². The summed E-state index contributed by atoms with van der Waals surface area (Å²) < 4.78 is 31.9. The molecular formula is C8H17KO4S. The van der Waals surface area contributed by atoms with Crippen molar-refractivity contribution >= 4 is 10.1 Å². The van der Waals surface area contributed by atoms with E-state index in [9.17, 15) is 18.1 Å². The maximum atomic E-state index is 10.6. The molecule has 0 amide bonds. The van der Waals surface area contributed by atoms with Gasteiger partial charge in [-0.25, -0.2) is 8.42 Å². The molecule has 0 rings (SSSR count). The molecule has 4 nitrogen and oxygen atoms in total. The maximum absolute atomic E-state index is 10.6. The van der Waals surface area contributed by atoms with E-state index in [0.717, 1.165) is 0 Å². The summed E-state index contributed by atoms with van der Waals surface area (Å²) >= 11 is 0. The monoisotopic (exact) mass is 248 g/mol. The van der Waals surface area contributed by atoms with Gasteiger partial charge in [-0.15, -0.1) is 0 Å². The Labute approximate surface area is 129 Å². The first kappa shape index (κ1) is 17.9. The zero-order valence-corrected chi connectivity index (χ0v) is 13.0. The van der Waals surface area contributed by atoms with E-state index in [1.807, 2.05) is 6.92 Å². The van der Waals surface area contributed by atoms with Crippen LogP contribution in [0, 0.1) is 0 Å². The first-order chi connectivity index (χ1) is 5.91. The van der Waals surface area contributed by atoms with Crippen molar-refractivity contribution in [2.75, 3.05) is 0 Å². The van der Waals surface area contributed by atoms with Crippen LogP contribution in [0.2, 0.25) is 0 Å². The van der Waals surface area contributed by atoms with E-state index in [1.54, 1.807) is 6.92 Å². The minimum atomic E-state index is -4.18. The average molecular weight is 248 g/mol. The fraction of sp³-hybridized carbons (Fsp3) is 1.00. The molecule has 14 heavy (non-hydrogen) atoms.